The predicted octanol–water partition coefficient (Wildman–Crippen LogP) is 4.48. The van der Waals surface area contributed by atoms with Gasteiger partial charge in [-0.3, -0.25) is 0 Å². The van der Waals surface area contributed by atoms with E-state index in [9.17, 15) is 0 Å². The van der Waals surface area contributed by atoms with Crippen LogP contribution in [0.3, 0.4) is 0 Å². The lowest BCUT2D eigenvalue weighted by atomic mass is 9.91. The molecule has 0 aromatic heterocycles. The van der Waals surface area contributed by atoms with Crippen LogP contribution in [0.1, 0.15) is 59.6 Å². The molecule has 0 bridgehead atoms. The maximum absolute atomic E-state index is 5.64. The van der Waals surface area contributed by atoms with Crippen molar-refractivity contribution in [2.24, 2.45) is 0 Å². The molecule has 0 amide bonds. The molecule has 0 aliphatic rings. The summed E-state index contributed by atoms with van der Waals surface area (Å²) >= 11 is 0. The van der Waals surface area contributed by atoms with E-state index in [2.05, 4.69) is 0 Å². The highest BCUT2D eigenvalue weighted by atomic mass is 17.2. The fraction of sp³-hybridized carbons (Fsp3) is 0.647. The van der Waals surface area contributed by atoms with Gasteiger partial charge in [-0.05, 0) is 65.7 Å². The van der Waals surface area contributed by atoms with Gasteiger partial charge in [-0.2, -0.15) is 0 Å². The van der Waals surface area contributed by atoms with Gasteiger partial charge in [0.2, 0.25) is 0 Å². The molecule has 0 saturated carbocycles. The molecule has 0 heterocycles. The normalized spacial score (nSPS) is 13.5. The van der Waals surface area contributed by atoms with Crippen molar-refractivity contribution in [3.05, 3.63) is 35.4 Å². The fourth-order valence-corrected chi connectivity index (χ4v) is 1.80. The molecule has 0 unspecified atom stereocenters. The molecule has 0 fully saturated rings. The number of hydrogen-bond acceptors (Lipinski definition) is 4. The minimum absolute atomic E-state index is 0.354. The van der Waals surface area contributed by atoms with Gasteiger partial charge in [-0.15, -0.1) is 0 Å². The largest absolute Gasteiger partial charge is 0.239 e. The average molecular weight is 296 g/mol. The SMILES string of the molecule is COOC(C)(C)c1cccc(C(C)(C)OOC(C)(C)C)c1. The van der Waals surface area contributed by atoms with Crippen LogP contribution >= 0.6 is 0 Å². The highest BCUT2D eigenvalue weighted by molar-refractivity contribution is 5.30. The Hall–Kier alpha value is -0.940. The van der Waals surface area contributed by atoms with Crippen LogP contribution in [-0.4, -0.2) is 12.7 Å². The zero-order chi connectivity index (χ0) is 16.3. The van der Waals surface area contributed by atoms with Gasteiger partial charge in [0.15, 0.2) is 0 Å². The monoisotopic (exact) mass is 296 g/mol. The van der Waals surface area contributed by atoms with Crippen LogP contribution < -0.4 is 0 Å². The van der Waals surface area contributed by atoms with Gasteiger partial charge in [-0.25, -0.2) is 19.6 Å². The highest BCUT2D eigenvalue weighted by Gasteiger charge is 2.29. The van der Waals surface area contributed by atoms with Gasteiger partial charge in [-0.1, -0.05) is 18.2 Å². The van der Waals surface area contributed by atoms with Gasteiger partial charge >= 0.3 is 0 Å². The van der Waals surface area contributed by atoms with Gasteiger partial charge in [0.1, 0.15) is 11.2 Å². The maximum atomic E-state index is 5.64. The zero-order valence-electron chi connectivity index (χ0n) is 14.4. The van der Waals surface area contributed by atoms with Crippen molar-refractivity contribution in [3.63, 3.8) is 0 Å². The molecule has 4 nitrogen and oxygen atoms in total. The van der Waals surface area contributed by atoms with Crippen LogP contribution in [-0.2, 0) is 30.8 Å². The van der Waals surface area contributed by atoms with Crippen LogP contribution in [0.25, 0.3) is 0 Å². The molecule has 0 saturated heterocycles. The molecular weight excluding hydrogens is 268 g/mol. The lowest BCUT2D eigenvalue weighted by Crippen LogP contribution is -2.29. The van der Waals surface area contributed by atoms with E-state index in [0.29, 0.717) is 0 Å². The lowest BCUT2D eigenvalue weighted by Gasteiger charge is -2.30. The van der Waals surface area contributed by atoms with Crippen molar-refractivity contribution in [1.29, 1.82) is 0 Å². The Morgan fingerprint density at radius 2 is 1.19 bits per heavy atom. The zero-order valence-corrected chi connectivity index (χ0v) is 14.4. The standard InChI is InChI=1S/C17H28O4/c1-15(2,3)19-21-17(6,7)14-11-9-10-13(12-14)16(4,5)20-18-8/h9-12H,1-8H3. The molecule has 0 aliphatic heterocycles. The summed E-state index contributed by atoms with van der Waals surface area (Å²) < 4.78 is 0. The lowest BCUT2D eigenvalue weighted by molar-refractivity contribution is -0.401. The maximum Gasteiger partial charge on any atom is 0.123 e. The minimum atomic E-state index is -0.563. The summed E-state index contributed by atoms with van der Waals surface area (Å²) in [6.07, 6.45) is 0. The highest BCUT2D eigenvalue weighted by Crippen LogP contribution is 2.31. The second-order valence-electron chi connectivity index (χ2n) is 7.13. The van der Waals surface area contributed by atoms with E-state index in [1.807, 2.05) is 72.7 Å². The Morgan fingerprint density at radius 1 is 0.714 bits per heavy atom. The van der Waals surface area contributed by atoms with Gasteiger partial charge in [0, 0.05) is 0 Å². The molecule has 0 atom stereocenters. The third kappa shape index (κ3) is 5.40. The summed E-state index contributed by atoms with van der Waals surface area (Å²) in [5.41, 5.74) is 0.567. The molecule has 21 heavy (non-hydrogen) atoms. The smallest absolute Gasteiger partial charge is 0.123 e. The molecule has 0 N–H and O–H groups in total. The molecule has 0 aliphatic carbocycles. The first kappa shape index (κ1) is 18.1. The van der Waals surface area contributed by atoms with Crippen molar-refractivity contribution >= 4 is 0 Å². The van der Waals surface area contributed by atoms with Crippen molar-refractivity contribution in [2.45, 2.75) is 65.3 Å². The van der Waals surface area contributed by atoms with Crippen LogP contribution in [0.5, 0.6) is 0 Å². The van der Waals surface area contributed by atoms with Crippen LogP contribution in [0.2, 0.25) is 0 Å². The molecule has 4 heteroatoms. The number of benzene rings is 1. The summed E-state index contributed by atoms with van der Waals surface area (Å²) in [7, 11) is 1.51. The number of rotatable bonds is 6. The van der Waals surface area contributed by atoms with E-state index in [0.717, 1.165) is 11.1 Å². The molecule has 120 valence electrons. The van der Waals surface area contributed by atoms with Crippen LogP contribution in [0.4, 0.5) is 0 Å². The van der Waals surface area contributed by atoms with Crippen molar-refractivity contribution in [2.75, 3.05) is 7.11 Å². The summed E-state index contributed by atoms with van der Waals surface area (Å²) in [4.78, 5) is 21.2. The molecule has 0 radical (unpaired) electrons. The van der Waals surface area contributed by atoms with Gasteiger partial charge < -0.3 is 0 Å². The predicted molar refractivity (Wildman–Crippen MR) is 82.5 cm³/mol. The van der Waals surface area contributed by atoms with E-state index in [1.54, 1.807) is 0 Å². The van der Waals surface area contributed by atoms with Crippen molar-refractivity contribution in [1.82, 2.24) is 0 Å². The van der Waals surface area contributed by atoms with E-state index in [1.165, 1.54) is 7.11 Å². The Balaban J connectivity index is 2.98. The molecule has 0 spiro atoms. The summed E-state index contributed by atoms with van der Waals surface area (Å²) in [5.74, 6) is 0. The molecule has 1 aromatic carbocycles. The van der Waals surface area contributed by atoms with Crippen molar-refractivity contribution in [3.8, 4) is 0 Å². The second kappa shape index (κ2) is 6.44. The van der Waals surface area contributed by atoms with Gasteiger partial charge in [0.25, 0.3) is 0 Å². The topological polar surface area (TPSA) is 36.9 Å². The average Bonchev–Trinajstić information content (AvgIpc) is 2.36. The van der Waals surface area contributed by atoms with E-state index in [4.69, 9.17) is 19.6 Å². The third-order valence-electron chi connectivity index (χ3n) is 3.04. The Kier molecular flexibility index (Phi) is 5.56. The Bertz CT molecular complexity index is 458. The fourth-order valence-electron chi connectivity index (χ4n) is 1.80. The Labute approximate surface area is 128 Å². The first-order valence-corrected chi connectivity index (χ1v) is 7.18. The van der Waals surface area contributed by atoms with E-state index < -0.39 is 11.2 Å². The summed E-state index contributed by atoms with van der Waals surface area (Å²) in [6, 6.07) is 8.04. The first-order valence-electron chi connectivity index (χ1n) is 7.18. The minimum Gasteiger partial charge on any atom is -0.239 e. The van der Waals surface area contributed by atoms with Crippen LogP contribution in [0, 0.1) is 0 Å². The summed E-state index contributed by atoms with van der Waals surface area (Å²) in [6.45, 7) is 13.7. The second-order valence-corrected chi connectivity index (χ2v) is 7.13. The van der Waals surface area contributed by atoms with Crippen LogP contribution in [0.15, 0.2) is 24.3 Å². The molecule has 1 aromatic rings. The molecule has 1 rings (SSSR count). The summed E-state index contributed by atoms with van der Waals surface area (Å²) in [5, 5.41) is 0. The van der Waals surface area contributed by atoms with E-state index in [-0.39, 0.29) is 5.60 Å². The quantitative estimate of drug-likeness (QED) is 0.573. The van der Waals surface area contributed by atoms with Gasteiger partial charge in [0.05, 0.1) is 12.7 Å². The Morgan fingerprint density at radius 3 is 1.62 bits per heavy atom. The third-order valence-corrected chi connectivity index (χ3v) is 3.04. The van der Waals surface area contributed by atoms with E-state index >= 15 is 0 Å². The number of hydrogen-bond donors (Lipinski definition) is 0. The first-order chi connectivity index (χ1) is 9.48. The van der Waals surface area contributed by atoms with Crippen molar-refractivity contribution < 1.29 is 19.6 Å². The molecular formula is C17H28O4.